The molecular weight excluding hydrogens is 162 g/mol. The molecule has 0 radical (unpaired) electrons. The second kappa shape index (κ2) is 5.58. The van der Waals surface area contributed by atoms with E-state index in [1.165, 1.54) is 32.6 Å². The molecule has 3 heteroatoms. The molecule has 0 aromatic heterocycles. The van der Waals surface area contributed by atoms with Gasteiger partial charge in [-0.2, -0.15) is 0 Å². The van der Waals surface area contributed by atoms with E-state index in [4.69, 9.17) is 5.73 Å². The van der Waals surface area contributed by atoms with Gasteiger partial charge in [0.2, 0.25) is 0 Å². The molecule has 0 spiro atoms. The summed E-state index contributed by atoms with van der Waals surface area (Å²) < 4.78 is 0. The molecule has 2 N–H and O–H groups in total. The van der Waals surface area contributed by atoms with E-state index in [2.05, 4.69) is 23.8 Å². The van der Waals surface area contributed by atoms with E-state index in [0.717, 1.165) is 19.0 Å². The molecule has 78 valence electrons. The molecule has 0 saturated carbocycles. The Morgan fingerprint density at radius 3 is 2.38 bits per heavy atom. The van der Waals surface area contributed by atoms with Crippen molar-refractivity contribution in [3.63, 3.8) is 0 Å². The third-order valence-corrected chi connectivity index (χ3v) is 2.99. The Kier molecular flexibility index (Phi) is 4.70. The largest absolute Gasteiger partial charge is 0.330 e. The van der Waals surface area contributed by atoms with Crippen molar-refractivity contribution in [3.8, 4) is 0 Å². The molecule has 1 fully saturated rings. The van der Waals surface area contributed by atoms with E-state index < -0.39 is 0 Å². The lowest BCUT2D eigenvalue weighted by atomic mass is 10.1. The number of likely N-dealkylation sites (N-methyl/N-ethyl adjacent to an activating group) is 1. The zero-order valence-corrected chi connectivity index (χ0v) is 9.00. The zero-order chi connectivity index (χ0) is 9.68. The van der Waals surface area contributed by atoms with Gasteiger partial charge < -0.3 is 10.6 Å². The lowest BCUT2D eigenvalue weighted by Gasteiger charge is -2.36. The quantitative estimate of drug-likeness (QED) is 0.686. The lowest BCUT2D eigenvalue weighted by molar-refractivity contribution is 0.114. The molecule has 0 aliphatic carbocycles. The first-order chi connectivity index (χ1) is 6.24. The van der Waals surface area contributed by atoms with Gasteiger partial charge in [-0.05, 0) is 33.4 Å². The highest BCUT2D eigenvalue weighted by molar-refractivity contribution is 4.74. The first kappa shape index (κ1) is 11.0. The maximum Gasteiger partial charge on any atom is 0.0113 e. The van der Waals surface area contributed by atoms with Crippen molar-refractivity contribution in [1.29, 1.82) is 0 Å². The van der Waals surface area contributed by atoms with Gasteiger partial charge >= 0.3 is 0 Å². The van der Waals surface area contributed by atoms with Crippen LogP contribution in [0.4, 0.5) is 0 Å². The van der Waals surface area contributed by atoms with Gasteiger partial charge in [-0.25, -0.2) is 0 Å². The standard InChI is InChI=1S/C10H23N3/c1-10(4-3-5-11)13-8-6-12(2)7-9-13/h10H,3-9,11H2,1-2H3/t10-/m1/s1. The van der Waals surface area contributed by atoms with Gasteiger partial charge in [0.1, 0.15) is 0 Å². The van der Waals surface area contributed by atoms with Gasteiger partial charge in [-0.1, -0.05) is 0 Å². The monoisotopic (exact) mass is 185 g/mol. The summed E-state index contributed by atoms with van der Waals surface area (Å²) in [6.45, 7) is 8.03. The van der Waals surface area contributed by atoms with E-state index in [1.54, 1.807) is 0 Å². The first-order valence-corrected chi connectivity index (χ1v) is 5.36. The minimum Gasteiger partial charge on any atom is -0.330 e. The van der Waals surface area contributed by atoms with Crippen molar-refractivity contribution in [2.75, 3.05) is 39.8 Å². The van der Waals surface area contributed by atoms with Crippen LogP contribution in [0.2, 0.25) is 0 Å². The topological polar surface area (TPSA) is 32.5 Å². The Hall–Kier alpha value is -0.120. The minimum absolute atomic E-state index is 0.720. The normalized spacial score (nSPS) is 23.3. The van der Waals surface area contributed by atoms with Crippen molar-refractivity contribution in [2.24, 2.45) is 5.73 Å². The van der Waals surface area contributed by atoms with Gasteiger partial charge in [0.25, 0.3) is 0 Å². The van der Waals surface area contributed by atoms with Crippen LogP contribution >= 0.6 is 0 Å². The number of rotatable bonds is 4. The number of hydrogen-bond donors (Lipinski definition) is 1. The maximum atomic E-state index is 5.50. The summed E-state index contributed by atoms with van der Waals surface area (Å²) in [7, 11) is 2.20. The van der Waals surface area contributed by atoms with Crippen molar-refractivity contribution < 1.29 is 0 Å². The Morgan fingerprint density at radius 2 is 1.85 bits per heavy atom. The molecule has 13 heavy (non-hydrogen) atoms. The average Bonchev–Trinajstić information content (AvgIpc) is 2.15. The summed E-state index contributed by atoms with van der Waals surface area (Å²) in [6.07, 6.45) is 2.41. The molecule has 0 bridgehead atoms. The fourth-order valence-corrected chi connectivity index (χ4v) is 1.86. The number of nitrogens with two attached hydrogens (primary N) is 1. The molecule has 0 amide bonds. The zero-order valence-electron chi connectivity index (χ0n) is 9.00. The minimum atomic E-state index is 0.720. The molecule has 1 aliphatic rings. The fourth-order valence-electron chi connectivity index (χ4n) is 1.86. The molecule has 1 aliphatic heterocycles. The van der Waals surface area contributed by atoms with Crippen molar-refractivity contribution >= 4 is 0 Å². The van der Waals surface area contributed by atoms with E-state index >= 15 is 0 Å². The Labute approximate surface area is 81.9 Å². The summed E-state index contributed by atoms with van der Waals surface area (Å²) in [5.41, 5.74) is 5.50. The summed E-state index contributed by atoms with van der Waals surface area (Å²) in [6, 6.07) is 0.720. The van der Waals surface area contributed by atoms with Crippen LogP contribution in [0.3, 0.4) is 0 Å². The molecule has 1 heterocycles. The molecule has 3 nitrogen and oxygen atoms in total. The van der Waals surface area contributed by atoms with Crippen molar-refractivity contribution in [1.82, 2.24) is 9.80 Å². The molecular formula is C10H23N3. The highest BCUT2D eigenvalue weighted by Crippen LogP contribution is 2.08. The van der Waals surface area contributed by atoms with E-state index in [9.17, 15) is 0 Å². The molecule has 0 aromatic carbocycles. The lowest BCUT2D eigenvalue weighted by Crippen LogP contribution is -2.48. The van der Waals surface area contributed by atoms with Crippen LogP contribution in [0.25, 0.3) is 0 Å². The van der Waals surface area contributed by atoms with Crippen LogP contribution in [0.1, 0.15) is 19.8 Å². The smallest absolute Gasteiger partial charge is 0.0113 e. The highest BCUT2D eigenvalue weighted by atomic mass is 15.3. The molecule has 0 unspecified atom stereocenters. The maximum absolute atomic E-state index is 5.50. The molecule has 1 rings (SSSR count). The number of hydrogen-bond acceptors (Lipinski definition) is 3. The third-order valence-electron chi connectivity index (χ3n) is 2.99. The Bertz CT molecular complexity index is 130. The second-order valence-corrected chi connectivity index (χ2v) is 4.12. The van der Waals surface area contributed by atoms with Crippen LogP contribution in [0.15, 0.2) is 0 Å². The average molecular weight is 185 g/mol. The summed E-state index contributed by atoms with van der Waals surface area (Å²) in [5.74, 6) is 0. The fraction of sp³-hybridized carbons (Fsp3) is 1.00. The summed E-state index contributed by atoms with van der Waals surface area (Å²) in [5, 5.41) is 0. The van der Waals surface area contributed by atoms with Gasteiger partial charge in [-0.3, -0.25) is 4.90 Å². The molecule has 1 saturated heterocycles. The van der Waals surface area contributed by atoms with Crippen molar-refractivity contribution in [3.05, 3.63) is 0 Å². The Balaban J connectivity index is 2.19. The highest BCUT2D eigenvalue weighted by Gasteiger charge is 2.17. The SMILES string of the molecule is C[C@H](CCCN)N1CCN(C)CC1. The van der Waals surface area contributed by atoms with Gasteiger partial charge in [0.15, 0.2) is 0 Å². The van der Waals surface area contributed by atoms with Crippen LogP contribution in [0.5, 0.6) is 0 Å². The van der Waals surface area contributed by atoms with Crippen molar-refractivity contribution in [2.45, 2.75) is 25.8 Å². The predicted molar refractivity (Wildman–Crippen MR) is 56.8 cm³/mol. The molecule has 1 atom stereocenters. The van der Waals surface area contributed by atoms with E-state index in [-0.39, 0.29) is 0 Å². The first-order valence-electron chi connectivity index (χ1n) is 5.36. The van der Waals surface area contributed by atoms with Crippen LogP contribution in [-0.4, -0.2) is 55.6 Å². The van der Waals surface area contributed by atoms with E-state index in [1.807, 2.05) is 0 Å². The second-order valence-electron chi connectivity index (χ2n) is 4.12. The van der Waals surface area contributed by atoms with Crippen LogP contribution < -0.4 is 5.73 Å². The van der Waals surface area contributed by atoms with E-state index in [0.29, 0.717) is 0 Å². The van der Waals surface area contributed by atoms with Gasteiger partial charge in [0, 0.05) is 32.2 Å². The van der Waals surface area contributed by atoms with Gasteiger partial charge in [-0.15, -0.1) is 0 Å². The number of piperazine rings is 1. The Morgan fingerprint density at radius 1 is 1.23 bits per heavy atom. The van der Waals surface area contributed by atoms with Gasteiger partial charge in [0.05, 0.1) is 0 Å². The number of nitrogens with zero attached hydrogens (tertiary/aromatic N) is 2. The summed E-state index contributed by atoms with van der Waals surface area (Å²) in [4.78, 5) is 4.97. The summed E-state index contributed by atoms with van der Waals surface area (Å²) >= 11 is 0. The third kappa shape index (κ3) is 3.63. The molecule has 0 aromatic rings. The van der Waals surface area contributed by atoms with Crippen LogP contribution in [0, 0.1) is 0 Å². The van der Waals surface area contributed by atoms with Crippen LogP contribution in [-0.2, 0) is 0 Å². The predicted octanol–water partition coefficient (Wildman–Crippen LogP) is 0.361.